The Kier molecular flexibility index (Phi) is 2.37. The summed E-state index contributed by atoms with van der Waals surface area (Å²) in [6, 6.07) is 7.73. The van der Waals surface area contributed by atoms with Crippen molar-refractivity contribution < 1.29 is 4.74 Å². The summed E-state index contributed by atoms with van der Waals surface area (Å²) in [4.78, 5) is 5.11. The number of thiophene rings is 1. The molecule has 0 aliphatic carbocycles. The van der Waals surface area contributed by atoms with E-state index in [0.717, 1.165) is 15.5 Å². The third-order valence-electron chi connectivity index (χ3n) is 1.89. The number of anilines is 1. The van der Waals surface area contributed by atoms with Gasteiger partial charge >= 0.3 is 0 Å². The van der Waals surface area contributed by atoms with Crippen LogP contribution in [0.3, 0.4) is 0 Å². The van der Waals surface area contributed by atoms with Crippen molar-refractivity contribution >= 4 is 17.2 Å². The maximum absolute atomic E-state index is 5.76. The molecule has 14 heavy (non-hydrogen) atoms. The zero-order valence-electron chi connectivity index (χ0n) is 7.73. The van der Waals surface area contributed by atoms with E-state index >= 15 is 0 Å². The second-order valence-corrected chi connectivity index (χ2v) is 3.81. The van der Waals surface area contributed by atoms with Gasteiger partial charge in [-0.3, -0.25) is 0 Å². The molecule has 2 aromatic rings. The molecule has 0 bridgehead atoms. The molecule has 4 heteroatoms. The predicted molar refractivity (Wildman–Crippen MR) is 58.5 cm³/mol. The van der Waals surface area contributed by atoms with Crippen molar-refractivity contribution in [1.82, 2.24) is 4.98 Å². The Morgan fingerprint density at radius 2 is 2.21 bits per heavy atom. The third-order valence-corrected chi connectivity index (χ3v) is 2.97. The summed E-state index contributed by atoms with van der Waals surface area (Å²) < 4.78 is 5.11. The molecule has 0 amide bonds. The van der Waals surface area contributed by atoms with Crippen LogP contribution in [0.1, 0.15) is 0 Å². The van der Waals surface area contributed by atoms with Gasteiger partial charge < -0.3 is 10.5 Å². The number of nitrogens with zero attached hydrogens (tertiary/aromatic N) is 1. The van der Waals surface area contributed by atoms with Crippen LogP contribution in [0.5, 0.6) is 5.06 Å². The fourth-order valence-corrected chi connectivity index (χ4v) is 2.06. The van der Waals surface area contributed by atoms with Crippen LogP contribution in [0.2, 0.25) is 0 Å². The van der Waals surface area contributed by atoms with Crippen LogP contribution in [-0.4, -0.2) is 12.1 Å². The highest BCUT2D eigenvalue weighted by atomic mass is 32.1. The maximum Gasteiger partial charge on any atom is 0.173 e. The van der Waals surface area contributed by atoms with Crippen molar-refractivity contribution in [2.24, 2.45) is 0 Å². The van der Waals surface area contributed by atoms with E-state index in [1.807, 2.05) is 24.3 Å². The lowest BCUT2D eigenvalue weighted by molar-refractivity contribution is 0.427. The van der Waals surface area contributed by atoms with Crippen LogP contribution in [-0.2, 0) is 0 Å². The average molecular weight is 206 g/mol. The minimum absolute atomic E-state index is 0.553. The van der Waals surface area contributed by atoms with E-state index in [1.54, 1.807) is 24.6 Å². The molecule has 2 heterocycles. The van der Waals surface area contributed by atoms with E-state index in [4.69, 9.17) is 10.5 Å². The first kappa shape index (κ1) is 9.02. The molecule has 0 atom stereocenters. The number of hydrogen-bond donors (Lipinski definition) is 1. The van der Waals surface area contributed by atoms with E-state index in [9.17, 15) is 0 Å². The first-order valence-electron chi connectivity index (χ1n) is 4.16. The number of hydrogen-bond acceptors (Lipinski definition) is 4. The third kappa shape index (κ3) is 1.56. The molecule has 0 unspecified atom stereocenters. The van der Waals surface area contributed by atoms with E-state index in [0.29, 0.717) is 5.82 Å². The second-order valence-electron chi connectivity index (χ2n) is 2.76. The molecule has 2 N–H and O–H groups in total. The van der Waals surface area contributed by atoms with Gasteiger partial charge in [0.2, 0.25) is 0 Å². The Balaban J connectivity index is 2.44. The Labute approximate surface area is 86.2 Å². The molecule has 0 saturated carbocycles. The number of pyridine rings is 1. The van der Waals surface area contributed by atoms with Gasteiger partial charge in [-0.15, -0.1) is 0 Å². The van der Waals surface area contributed by atoms with Crippen LogP contribution >= 0.6 is 11.3 Å². The SMILES string of the molecule is COc1ccc(-c2cccnc2N)s1. The van der Waals surface area contributed by atoms with Crippen LogP contribution in [0.25, 0.3) is 10.4 Å². The Morgan fingerprint density at radius 1 is 1.36 bits per heavy atom. The van der Waals surface area contributed by atoms with Crippen molar-refractivity contribution in [3.63, 3.8) is 0 Å². The molecule has 72 valence electrons. The molecule has 0 aromatic carbocycles. The Hall–Kier alpha value is -1.55. The van der Waals surface area contributed by atoms with Gasteiger partial charge in [-0.05, 0) is 24.3 Å². The van der Waals surface area contributed by atoms with Crippen LogP contribution in [0.4, 0.5) is 5.82 Å². The highest BCUT2D eigenvalue weighted by Gasteiger charge is 2.05. The maximum atomic E-state index is 5.76. The summed E-state index contributed by atoms with van der Waals surface area (Å²) in [5, 5.41) is 0.878. The van der Waals surface area contributed by atoms with Gasteiger partial charge in [0.25, 0.3) is 0 Å². The standard InChI is InChI=1S/C10H10N2OS/c1-13-9-5-4-8(14-9)7-3-2-6-12-10(7)11/h2-6H,1H3,(H2,11,12). The molecule has 3 nitrogen and oxygen atoms in total. The molecule has 2 rings (SSSR count). The van der Waals surface area contributed by atoms with Crippen LogP contribution < -0.4 is 10.5 Å². The zero-order valence-corrected chi connectivity index (χ0v) is 8.54. The number of nitrogens with two attached hydrogens (primary N) is 1. The molecule has 0 saturated heterocycles. The van der Waals surface area contributed by atoms with Gasteiger partial charge in [-0.25, -0.2) is 4.98 Å². The normalized spacial score (nSPS) is 10.1. The summed E-state index contributed by atoms with van der Waals surface area (Å²) in [5.74, 6) is 0.553. The lowest BCUT2D eigenvalue weighted by Gasteiger charge is -1.99. The monoisotopic (exact) mass is 206 g/mol. The van der Waals surface area contributed by atoms with Gasteiger partial charge in [0.05, 0.1) is 7.11 Å². The van der Waals surface area contributed by atoms with E-state index < -0.39 is 0 Å². The molecule has 0 fully saturated rings. The van der Waals surface area contributed by atoms with Crippen LogP contribution in [0.15, 0.2) is 30.5 Å². The second kappa shape index (κ2) is 3.67. The number of aromatic nitrogens is 1. The highest BCUT2D eigenvalue weighted by Crippen LogP contribution is 2.34. The van der Waals surface area contributed by atoms with E-state index in [2.05, 4.69) is 4.98 Å². The van der Waals surface area contributed by atoms with Crippen molar-refractivity contribution in [2.75, 3.05) is 12.8 Å². The number of ether oxygens (including phenoxy) is 1. The number of methoxy groups -OCH3 is 1. The fourth-order valence-electron chi connectivity index (χ4n) is 1.20. The lowest BCUT2D eigenvalue weighted by atomic mass is 10.2. The van der Waals surface area contributed by atoms with Gasteiger partial charge in [0.15, 0.2) is 5.06 Å². The predicted octanol–water partition coefficient (Wildman–Crippen LogP) is 2.40. The number of rotatable bonds is 2. The van der Waals surface area contributed by atoms with Crippen LogP contribution in [0, 0.1) is 0 Å². The summed E-state index contributed by atoms with van der Waals surface area (Å²) >= 11 is 1.56. The average Bonchev–Trinajstić information content (AvgIpc) is 2.67. The summed E-state index contributed by atoms with van der Waals surface area (Å²) in [5.41, 5.74) is 6.72. The topological polar surface area (TPSA) is 48.1 Å². The molecule has 0 radical (unpaired) electrons. The smallest absolute Gasteiger partial charge is 0.173 e. The minimum Gasteiger partial charge on any atom is -0.487 e. The van der Waals surface area contributed by atoms with Crippen molar-refractivity contribution in [2.45, 2.75) is 0 Å². The molecular weight excluding hydrogens is 196 g/mol. The highest BCUT2D eigenvalue weighted by molar-refractivity contribution is 7.17. The molecular formula is C10H10N2OS. The Bertz CT molecular complexity index is 439. The molecule has 0 aliphatic rings. The quantitative estimate of drug-likeness (QED) is 0.820. The lowest BCUT2D eigenvalue weighted by Crippen LogP contribution is -1.91. The first-order valence-corrected chi connectivity index (χ1v) is 4.97. The van der Waals surface area contributed by atoms with E-state index in [-0.39, 0.29) is 0 Å². The fraction of sp³-hybridized carbons (Fsp3) is 0.100. The van der Waals surface area contributed by atoms with Gasteiger partial charge in [-0.1, -0.05) is 11.3 Å². The van der Waals surface area contributed by atoms with Gasteiger partial charge in [0, 0.05) is 16.6 Å². The first-order chi connectivity index (χ1) is 6.81. The van der Waals surface area contributed by atoms with Crippen molar-refractivity contribution in [1.29, 1.82) is 0 Å². The van der Waals surface area contributed by atoms with Gasteiger partial charge in [0.1, 0.15) is 5.82 Å². The Morgan fingerprint density at radius 3 is 2.86 bits per heavy atom. The number of nitrogen functional groups attached to an aromatic ring is 1. The summed E-state index contributed by atoms with van der Waals surface area (Å²) in [6.07, 6.45) is 1.68. The minimum atomic E-state index is 0.553. The summed E-state index contributed by atoms with van der Waals surface area (Å²) in [7, 11) is 1.65. The molecule has 0 aliphatic heterocycles. The zero-order chi connectivity index (χ0) is 9.97. The van der Waals surface area contributed by atoms with E-state index in [1.165, 1.54) is 0 Å². The largest absolute Gasteiger partial charge is 0.487 e. The van der Waals surface area contributed by atoms with Crippen molar-refractivity contribution in [3.8, 4) is 15.5 Å². The molecule has 0 spiro atoms. The molecule has 2 aromatic heterocycles. The van der Waals surface area contributed by atoms with Gasteiger partial charge in [-0.2, -0.15) is 0 Å². The van der Waals surface area contributed by atoms with Crippen molar-refractivity contribution in [3.05, 3.63) is 30.5 Å². The summed E-state index contributed by atoms with van der Waals surface area (Å²) in [6.45, 7) is 0.